The molecule has 1 saturated carbocycles. The number of nitrogens with zero attached hydrogens (tertiary/aromatic N) is 1. The lowest BCUT2D eigenvalue weighted by atomic mass is 9.98. The molecular weight excluding hydrogens is 192 g/mol. The van der Waals surface area contributed by atoms with Gasteiger partial charge in [-0.05, 0) is 24.8 Å². The number of rotatable bonds is 4. The van der Waals surface area contributed by atoms with E-state index in [1.54, 1.807) is 11.3 Å². The number of thiazole rings is 1. The van der Waals surface area contributed by atoms with Crippen LogP contribution in [0.15, 0.2) is 11.7 Å². The summed E-state index contributed by atoms with van der Waals surface area (Å²) in [5.41, 5.74) is 1.90. The largest absolute Gasteiger partial charge is 0.312 e. The van der Waals surface area contributed by atoms with Crippen molar-refractivity contribution < 1.29 is 0 Å². The van der Waals surface area contributed by atoms with Crippen LogP contribution in [0.5, 0.6) is 0 Å². The Morgan fingerprint density at radius 1 is 1.57 bits per heavy atom. The summed E-state index contributed by atoms with van der Waals surface area (Å²) in [5, 5.41) is 3.53. The molecule has 3 heteroatoms. The van der Waals surface area contributed by atoms with E-state index in [2.05, 4.69) is 17.2 Å². The molecule has 1 aromatic heterocycles. The molecule has 2 nitrogen and oxygen atoms in total. The number of hydrogen-bond acceptors (Lipinski definition) is 3. The van der Waals surface area contributed by atoms with Gasteiger partial charge in [-0.2, -0.15) is 0 Å². The molecule has 0 spiro atoms. The molecular formula is C11H18N2S. The Bertz CT molecular complexity index is 258. The second kappa shape index (κ2) is 4.89. The molecule has 2 rings (SSSR count). The van der Waals surface area contributed by atoms with Crippen LogP contribution in [-0.4, -0.2) is 11.5 Å². The zero-order valence-corrected chi connectivity index (χ0v) is 9.52. The van der Waals surface area contributed by atoms with Crippen molar-refractivity contribution in [1.82, 2.24) is 10.3 Å². The second-order valence-electron chi connectivity index (χ2n) is 4.27. The number of hydrogen-bond donors (Lipinski definition) is 1. The van der Waals surface area contributed by atoms with Gasteiger partial charge in [-0.15, -0.1) is 11.3 Å². The smallest absolute Gasteiger partial charge is 0.0794 e. The summed E-state index contributed by atoms with van der Waals surface area (Å²) in [6, 6.07) is 0. The highest BCUT2D eigenvalue weighted by Crippen LogP contribution is 2.30. The third-order valence-electron chi connectivity index (χ3n) is 3.23. The van der Waals surface area contributed by atoms with Gasteiger partial charge in [0.25, 0.3) is 0 Å². The van der Waals surface area contributed by atoms with Crippen molar-refractivity contribution in [3.63, 3.8) is 0 Å². The van der Waals surface area contributed by atoms with Gasteiger partial charge in [-0.1, -0.05) is 19.8 Å². The van der Waals surface area contributed by atoms with Gasteiger partial charge in [0, 0.05) is 17.6 Å². The van der Waals surface area contributed by atoms with Gasteiger partial charge < -0.3 is 5.32 Å². The highest BCUT2D eigenvalue weighted by molar-refractivity contribution is 7.09. The lowest BCUT2D eigenvalue weighted by Crippen LogP contribution is -2.23. The summed E-state index contributed by atoms with van der Waals surface area (Å²) in [6.07, 6.45) is 6.22. The van der Waals surface area contributed by atoms with Gasteiger partial charge >= 0.3 is 0 Å². The van der Waals surface area contributed by atoms with E-state index in [0.717, 1.165) is 18.4 Å². The SMILES string of the molecule is CC1CCCC1CNCc1cncs1. The fourth-order valence-corrected chi connectivity index (χ4v) is 2.80. The van der Waals surface area contributed by atoms with E-state index >= 15 is 0 Å². The molecule has 14 heavy (non-hydrogen) atoms. The van der Waals surface area contributed by atoms with E-state index in [-0.39, 0.29) is 0 Å². The van der Waals surface area contributed by atoms with Gasteiger partial charge in [-0.25, -0.2) is 0 Å². The highest BCUT2D eigenvalue weighted by atomic mass is 32.1. The fourth-order valence-electron chi connectivity index (χ4n) is 2.24. The Balaban J connectivity index is 1.68. The third kappa shape index (κ3) is 2.55. The van der Waals surface area contributed by atoms with E-state index in [1.165, 1.54) is 30.7 Å². The molecule has 2 atom stereocenters. The fraction of sp³-hybridized carbons (Fsp3) is 0.727. The Morgan fingerprint density at radius 2 is 2.50 bits per heavy atom. The minimum absolute atomic E-state index is 0.905. The molecule has 0 amide bonds. The summed E-state index contributed by atoms with van der Waals surface area (Å²) >= 11 is 1.73. The lowest BCUT2D eigenvalue weighted by Gasteiger charge is -2.15. The Morgan fingerprint density at radius 3 is 3.14 bits per heavy atom. The molecule has 1 N–H and O–H groups in total. The molecule has 1 aromatic rings. The van der Waals surface area contributed by atoms with E-state index in [0.29, 0.717) is 0 Å². The summed E-state index contributed by atoms with van der Waals surface area (Å²) in [6.45, 7) is 4.55. The van der Waals surface area contributed by atoms with Crippen LogP contribution in [0.3, 0.4) is 0 Å². The third-order valence-corrected chi connectivity index (χ3v) is 4.01. The molecule has 1 fully saturated rings. The van der Waals surface area contributed by atoms with Gasteiger partial charge in [-0.3, -0.25) is 4.98 Å². The van der Waals surface area contributed by atoms with Crippen LogP contribution in [0.4, 0.5) is 0 Å². The standard InChI is InChI=1S/C11H18N2S/c1-9-3-2-4-10(9)5-12-6-11-7-13-8-14-11/h7-10,12H,2-6H2,1H3. The normalized spacial score (nSPS) is 26.9. The van der Waals surface area contributed by atoms with Crippen LogP contribution in [0.1, 0.15) is 31.1 Å². The summed E-state index contributed by atoms with van der Waals surface area (Å²) in [7, 11) is 0. The first-order valence-corrected chi connectivity index (χ1v) is 6.32. The monoisotopic (exact) mass is 210 g/mol. The molecule has 0 aliphatic heterocycles. The van der Waals surface area contributed by atoms with Crippen molar-refractivity contribution in [2.24, 2.45) is 11.8 Å². The van der Waals surface area contributed by atoms with Crippen LogP contribution in [-0.2, 0) is 6.54 Å². The summed E-state index contributed by atoms with van der Waals surface area (Å²) < 4.78 is 0. The van der Waals surface area contributed by atoms with E-state index in [1.807, 2.05) is 11.7 Å². The van der Waals surface area contributed by atoms with Gasteiger partial charge in [0.15, 0.2) is 0 Å². The van der Waals surface area contributed by atoms with Gasteiger partial charge in [0.1, 0.15) is 0 Å². The lowest BCUT2D eigenvalue weighted by molar-refractivity contribution is 0.392. The molecule has 2 unspecified atom stereocenters. The molecule has 1 heterocycles. The Labute approximate surface area is 89.8 Å². The van der Waals surface area contributed by atoms with Gasteiger partial charge in [0.05, 0.1) is 5.51 Å². The van der Waals surface area contributed by atoms with Crippen molar-refractivity contribution in [1.29, 1.82) is 0 Å². The Hall–Kier alpha value is -0.410. The van der Waals surface area contributed by atoms with Crippen LogP contribution >= 0.6 is 11.3 Å². The molecule has 1 aliphatic carbocycles. The first-order chi connectivity index (χ1) is 6.86. The molecule has 0 radical (unpaired) electrons. The van der Waals surface area contributed by atoms with Crippen LogP contribution in [0.25, 0.3) is 0 Å². The van der Waals surface area contributed by atoms with Crippen LogP contribution in [0, 0.1) is 11.8 Å². The zero-order valence-electron chi connectivity index (χ0n) is 8.70. The van der Waals surface area contributed by atoms with Crippen molar-refractivity contribution in [3.8, 4) is 0 Å². The van der Waals surface area contributed by atoms with Crippen LogP contribution in [0.2, 0.25) is 0 Å². The second-order valence-corrected chi connectivity index (χ2v) is 5.24. The van der Waals surface area contributed by atoms with Crippen molar-refractivity contribution >= 4 is 11.3 Å². The first kappa shape index (κ1) is 10.1. The molecule has 1 aliphatic rings. The Kier molecular flexibility index (Phi) is 3.54. The van der Waals surface area contributed by atoms with E-state index in [9.17, 15) is 0 Å². The van der Waals surface area contributed by atoms with Crippen molar-refractivity contribution in [2.75, 3.05) is 6.54 Å². The average molecular weight is 210 g/mol. The topological polar surface area (TPSA) is 24.9 Å². The maximum Gasteiger partial charge on any atom is 0.0794 e. The van der Waals surface area contributed by atoms with E-state index in [4.69, 9.17) is 0 Å². The molecule has 78 valence electrons. The maximum atomic E-state index is 4.07. The summed E-state index contributed by atoms with van der Waals surface area (Å²) in [5.74, 6) is 1.83. The van der Waals surface area contributed by atoms with Crippen molar-refractivity contribution in [2.45, 2.75) is 32.7 Å². The molecule has 0 aromatic carbocycles. The van der Waals surface area contributed by atoms with E-state index < -0.39 is 0 Å². The van der Waals surface area contributed by atoms with Gasteiger partial charge in [0.2, 0.25) is 0 Å². The predicted molar refractivity (Wildman–Crippen MR) is 60.3 cm³/mol. The molecule has 0 bridgehead atoms. The quantitative estimate of drug-likeness (QED) is 0.826. The predicted octanol–water partition coefficient (Wildman–Crippen LogP) is 2.67. The first-order valence-electron chi connectivity index (χ1n) is 5.44. The number of aromatic nitrogens is 1. The molecule has 0 saturated heterocycles. The average Bonchev–Trinajstić information content (AvgIpc) is 2.78. The minimum atomic E-state index is 0.905. The highest BCUT2D eigenvalue weighted by Gasteiger charge is 2.22. The minimum Gasteiger partial charge on any atom is -0.312 e. The van der Waals surface area contributed by atoms with Crippen LogP contribution < -0.4 is 5.32 Å². The number of nitrogens with one attached hydrogen (secondary N) is 1. The summed E-state index contributed by atoms with van der Waals surface area (Å²) in [4.78, 5) is 5.41. The van der Waals surface area contributed by atoms with Crippen molar-refractivity contribution in [3.05, 3.63) is 16.6 Å². The maximum absolute atomic E-state index is 4.07. The zero-order chi connectivity index (χ0) is 9.80.